The lowest BCUT2D eigenvalue weighted by Gasteiger charge is -2.13. The summed E-state index contributed by atoms with van der Waals surface area (Å²) in [6.07, 6.45) is 4.12. The smallest absolute Gasteiger partial charge is 0.191 e. The van der Waals surface area contributed by atoms with Gasteiger partial charge in [-0.2, -0.15) is 11.8 Å². The summed E-state index contributed by atoms with van der Waals surface area (Å²) in [7, 11) is 3.67. The lowest BCUT2D eigenvalue weighted by Crippen LogP contribution is -2.39. The van der Waals surface area contributed by atoms with Crippen molar-refractivity contribution in [1.29, 1.82) is 0 Å². The van der Waals surface area contributed by atoms with Gasteiger partial charge in [0.15, 0.2) is 11.8 Å². The molecule has 7 nitrogen and oxygen atoms in total. The van der Waals surface area contributed by atoms with Gasteiger partial charge in [-0.15, -0.1) is 10.2 Å². The van der Waals surface area contributed by atoms with E-state index in [1.807, 2.05) is 30.3 Å². The van der Waals surface area contributed by atoms with Gasteiger partial charge in [-0.1, -0.05) is 12.1 Å². The van der Waals surface area contributed by atoms with Crippen molar-refractivity contribution in [2.24, 2.45) is 12.0 Å². The number of aromatic nitrogens is 3. The quantitative estimate of drug-likeness (QED) is 0.360. The summed E-state index contributed by atoms with van der Waals surface area (Å²) in [5.41, 5.74) is 2.39. The van der Waals surface area contributed by atoms with Crippen molar-refractivity contribution in [2.45, 2.75) is 33.2 Å². The molecule has 0 unspecified atom stereocenters. The number of nitrogens with zero attached hydrogens (tertiary/aromatic N) is 4. The van der Waals surface area contributed by atoms with E-state index in [0.29, 0.717) is 6.54 Å². The van der Waals surface area contributed by atoms with Crippen LogP contribution < -0.4 is 15.4 Å². The van der Waals surface area contributed by atoms with Crippen molar-refractivity contribution in [1.82, 2.24) is 25.4 Å². The molecule has 0 aliphatic carbocycles. The van der Waals surface area contributed by atoms with E-state index in [-0.39, 0.29) is 0 Å². The number of hydrogen-bond donors (Lipinski definition) is 2. The Kier molecular flexibility index (Phi) is 9.13. The third kappa shape index (κ3) is 6.74. The van der Waals surface area contributed by atoms with Crippen molar-refractivity contribution in [3.05, 3.63) is 41.0 Å². The molecule has 0 bridgehead atoms. The van der Waals surface area contributed by atoms with Gasteiger partial charge in [-0.3, -0.25) is 0 Å². The maximum absolute atomic E-state index is 5.42. The molecule has 1 aromatic heterocycles. The van der Waals surface area contributed by atoms with Crippen molar-refractivity contribution in [3.63, 3.8) is 0 Å². The van der Waals surface area contributed by atoms with E-state index in [1.165, 1.54) is 5.56 Å². The number of guanidine groups is 1. The van der Waals surface area contributed by atoms with E-state index in [2.05, 4.69) is 57.2 Å². The standard InChI is InChI=1S/C20H32N6OS/c1-15-7-8-17(13-18(15)27-4)9-11-22-20(21-10-6-12-28-5)23-14-19-25-24-16(2)26(19)3/h7-8,13H,6,9-12,14H2,1-5H3,(H2,21,22,23). The van der Waals surface area contributed by atoms with Gasteiger partial charge in [0.2, 0.25) is 0 Å². The zero-order valence-electron chi connectivity index (χ0n) is 17.6. The fourth-order valence-corrected chi connectivity index (χ4v) is 3.11. The maximum Gasteiger partial charge on any atom is 0.191 e. The minimum absolute atomic E-state index is 0.494. The van der Waals surface area contributed by atoms with Crippen LogP contribution in [-0.4, -0.2) is 52.9 Å². The van der Waals surface area contributed by atoms with Crippen LogP contribution in [0.4, 0.5) is 0 Å². The molecule has 2 aromatic rings. The first-order chi connectivity index (χ1) is 13.5. The Morgan fingerprint density at radius 1 is 1.21 bits per heavy atom. The predicted molar refractivity (Wildman–Crippen MR) is 117 cm³/mol. The van der Waals surface area contributed by atoms with Gasteiger partial charge in [0.1, 0.15) is 18.1 Å². The zero-order chi connectivity index (χ0) is 20.4. The maximum atomic E-state index is 5.42. The number of methoxy groups -OCH3 is 1. The second kappa shape index (κ2) is 11.6. The van der Waals surface area contributed by atoms with Crippen molar-refractivity contribution in [2.75, 3.05) is 32.2 Å². The van der Waals surface area contributed by atoms with Gasteiger partial charge < -0.3 is 19.9 Å². The molecule has 0 amide bonds. The molecule has 2 rings (SSSR count). The van der Waals surface area contributed by atoms with E-state index >= 15 is 0 Å². The zero-order valence-corrected chi connectivity index (χ0v) is 18.4. The molecule has 0 spiro atoms. The fourth-order valence-electron chi connectivity index (χ4n) is 2.68. The Labute approximate surface area is 172 Å². The second-order valence-electron chi connectivity index (χ2n) is 6.64. The number of thioether (sulfide) groups is 1. The average Bonchev–Trinajstić information content (AvgIpc) is 3.02. The number of ether oxygens (including phenoxy) is 1. The Bertz CT molecular complexity index is 774. The summed E-state index contributed by atoms with van der Waals surface area (Å²) in [5.74, 6) is 4.61. The number of aliphatic imine (C=N–C) groups is 1. The summed E-state index contributed by atoms with van der Waals surface area (Å²) in [6.45, 7) is 6.17. The molecule has 154 valence electrons. The summed E-state index contributed by atoms with van der Waals surface area (Å²) >= 11 is 1.85. The summed E-state index contributed by atoms with van der Waals surface area (Å²) in [6, 6.07) is 6.34. The highest BCUT2D eigenvalue weighted by Gasteiger charge is 2.06. The van der Waals surface area contributed by atoms with Gasteiger partial charge in [-0.05, 0) is 55.9 Å². The van der Waals surface area contributed by atoms with Crippen molar-refractivity contribution in [3.8, 4) is 5.75 Å². The normalized spacial score (nSPS) is 11.5. The van der Waals surface area contributed by atoms with Crippen LogP contribution in [-0.2, 0) is 20.0 Å². The van der Waals surface area contributed by atoms with Gasteiger partial charge in [-0.25, -0.2) is 4.99 Å². The van der Waals surface area contributed by atoms with E-state index in [1.54, 1.807) is 7.11 Å². The third-order valence-corrected chi connectivity index (χ3v) is 5.25. The van der Waals surface area contributed by atoms with Crippen LogP contribution in [0.15, 0.2) is 23.2 Å². The first-order valence-electron chi connectivity index (χ1n) is 9.54. The molecule has 0 radical (unpaired) electrons. The Morgan fingerprint density at radius 3 is 2.68 bits per heavy atom. The monoisotopic (exact) mass is 404 g/mol. The molecule has 0 atom stereocenters. The van der Waals surface area contributed by atoms with Crippen LogP contribution in [0.2, 0.25) is 0 Å². The molecule has 0 aliphatic heterocycles. The van der Waals surface area contributed by atoms with E-state index < -0.39 is 0 Å². The number of rotatable bonds is 10. The van der Waals surface area contributed by atoms with Crippen molar-refractivity contribution >= 4 is 17.7 Å². The van der Waals surface area contributed by atoms with Crippen LogP contribution >= 0.6 is 11.8 Å². The Balaban J connectivity index is 1.94. The van der Waals surface area contributed by atoms with Crippen LogP contribution in [0.3, 0.4) is 0 Å². The lowest BCUT2D eigenvalue weighted by atomic mass is 10.1. The minimum atomic E-state index is 0.494. The number of hydrogen-bond acceptors (Lipinski definition) is 5. The van der Waals surface area contributed by atoms with Crippen LogP contribution in [0.5, 0.6) is 5.75 Å². The van der Waals surface area contributed by atoms with Gasteiger partial charge in [0, 0.05) is 20.1 Å². The Morgan fingerprint density at radius 2 is 2.00 bits per heavy atom. The van der Waals surface area contributed by atoms with Crippen molar-refractivity contribution < 1.29 is 4.74 Å². The van der Waals surface area contributed by atoms with E-state index in [9.17, 15) is 0 Å². The largest absolute Gasteiger partial charge is 0.496 e. The highest BCUT2D eigenvalue weighted by atomic mass is 32.2. The molecule has 1 aromatic carbocycles. The molecule has 0 fully saturated rings. The average molecular weight is 405 g/mol. The first kappa shape index (κ1) is 22.1. The highest BCUT2D eigenvalue weighted by Crippen LogP contribution is 2.18. The number of nitrogens with one attached hydrogen (secondary N) is 2. The molecular formula is C20H32N6OS. The number of aryl methyl sites for hydroxylation is 2. The molecular weight excluding hydrogens is 372 g/mol. The van der Waals surface area contributed by atoms with Crippen LogP contribution in [0.1, 0.15) is 29.2 Å². The minimum Gasteiger partial charge on any atom is -0.496 e. The summed E-state index contributed by atoms with van der Waals surface area (Å²) in [4.78, 5) is 4.68. The summed E-state index contributed by atoms with van der Waals surface area (Å²) in [5, 5.41) is 15.1. The van der Waals surface area contributed by atoms with Crippen LogP contribution in [0.25, 0.3) is 0 Å². The molecule has 8 heteroatoms. The topological polar surface area (TPSA) is 76.4 Å². The molecule has 0 saturated carbocycles. The predicted octanol–water partition coefficient (Wildman–Crippen LogP) is 2.47. The van der Waals surface area contributed by atoms with Gasteiger partial charge in [0.05, 0.1) is 7.11 Å². The first-order valence-corrected chi connectivity index (χ1v) is 10.9. The van der Waals surface area contributed by atoms with Gasteiger partial charge in [0.25, 0.3) is 0 Å². The summed E-state index contributed by atoms with van der Waals surface area (Å²) < 4.78 is 7.38. The SMILES string of the molecule is COc1cc(CCNC(=NCc2nnc(C)n2C)NCCCSC)ccc1C. The lowest BCUT2D eigenvalue weighted by molar-refractivity contribution is 0.411. The van der Waals surface area contributed by atoms with Crippen LogP contribution in [0, 0.1) is 13.8 Å². The van der Waals surface area contributed by atoms with Gasteiger partial charge >= 0.3 is 0 Å². The molecule has 0 saturated heterocycles. The Hall–Kier alpha value is -2.22. The number of benzene rings is 1. The molecule has 2 N–H and O–H groups in total. The fraction of sp³-hybridized carbons (Fsp3) is 0.550. The second-order valence-corrected chi connectivity index (χ2v) is 7.63. The van der Waals surface area contributed by atoms with E-state index in [0.717, 1.165) is 60.6 Å². The molecule has 0 aliphatic rings. The molecule has 28 heavy (non-hydrogen) atoms. The molecule has 1 heterocycles. The highest BCUT2D eigenvalue weighted by molar-refractivity contribution is 7.98. The third-order valence-electron chi connectivity index (χ3n) is 4.56. The van der Waals surface area contributed by atoms with E-state index in [4.69, 9.17) is 4.74 Å².